The number of aliphatic imine (C=N–C) groups is 1. The van der Waals surface area contributed by atoms with Crippen molar-refractivity contribution in [3.05, 3.63) is 35.6 Å². The molecule has 0 radical (unpaired) electrons. The molecule has 0 fully saturated rings. The Labute approximate surface area is 75.8 Å². The second-order valence-electron chi connectivity index (χ2n) is 3.00. The van der Waals surface area contributed by atoms with Gasteiger partial charge in [-0.2, -0.15) is 0 Å². The molecular formula is C10H9NO2. The van der Waals surface area contributed by atoms with Gasteiger partial charge >= 0.3 is 5.97 Å². The normalized spacial score (nSPS) is 18.9. The Balaban J connectivity index is 2.22. The summed E-state index contributed by atoms with van der Waals surface area (Å²) >= 11 is 0. The van der Waals surface area contributed by atoms with Crippen molar-refractivity contribution in [1.82, 2.24) is 0 Å². The van der Waals surface area contributed by atoms with E-state index in [0.29, 0.717) is 5.70 Å². The number of hydrogen-bond acceptors (Lipinski definition) is 2. The Kier molecular flexibility index (Phi) is 1.85. The van der Waals surface area contributed by atoms with Crippen LogP contribution in [0.5, 0.6) is 0 Å². The van der Waals surface area contributed by atoms with Gasteiger partial charge in [0.1, 0.15) is 0 Å². The second-order valence-corrected chi connectivity index (χ2v) is 3.00. The average Bonchev–Trinajstić information content (AvgIpc) is 2.44. The first-order valence-electron chi connectivity index (χ1n) is 4.14. The minimum atomic E-state index is -0.834. The molecule has 13 heavy (non-hydrogen) atoms. The van der Waals surface area contributed by atoms with Gasteiger partial charge in [-0.3, -0.25) is 9.79 Å². The van der Waals surface area contributed by atoms with E-state index in [9.17, 15) is 4.79 Å². The minimum Gasteiger partial charge on any atom is -0.481 e. The molecule has 0 amide bonds. The Morgan fingerprint density at radius 2 is 2.46 bits per heavy atom. The first-order valence-corrected chi connectivity index (χ1v) is 4.14. The largest absolute Gasteiger partial charge is 0.481 e. The van der Waals surface area contributed by atoms with E-state index in [2.05, 4.69) is 4.99 Å². The van der Waals surface area contributed by atoms with Gasteiger partial charge in [0.05, 0.1) is 17.8 Å². The molecule has 0 aromatic heterocycles. The Hall–Kier alpha value is -1.64. The lowest BCUT2D eigenvalue weighted by molar-refractivity contribution is -0.136. The molecule has 0 saturated heterocycles. The maximum atomic E-state index is 10.4. The Morgan fingerprint density at radius 1 is 1.62 bits per heavy atom. The average molecular weight is 175 g/mol. The van der Waals surface area contributed by atoms with E-state index in [1.54, 1.807) is 0 Å². The summed E-state index contributed by atoms with van der Waals surface area (Å²) in [5.74, 6) is -0.834. The molecular weight excluding hydrogens is 166 g/mol. The number of carbonyl (C=O) groups is 1. The molecule has 2 aliphatic rings. The lowest BCUT2D eigenvalue weighted by Crippen LogP contribution is -1.95. The van der Waals surface area contributed by atoms with Crippen LogP contribution in [0.1, 0.15) is 12.8 Å². The van der Waals surface area contributed by atoms with E-state index >= 15 is 0 Å². The smallest absolute Gasteiger partial charge is 0.309 e. The molecule has 0 aromatic carbocycles. The molecule has 0 unspecified atom stereocenters. The van der Waals surface area contributed by atoms with E-state index in [1.807, 2.05) is 24.3 Å². The number of fused-ring (bicyclic) bond motifs is 1. The maximum Gasteiger partial charge on any atom is 0.309 e. The van der Waals surface area contributed by atoms with Crippen LogP contribution in [0.2, 0.25) is 0 Å². The van der Waals surface area contributed by atoms with Crippen molar-refractivity contribution in [3.8, 4) is 0 Å². The van der Waals surface area contributed by atoms with Gasteiger partial charge in [-0.15, -0.1) is 0 Å². The van der Waals surface area contributed by atoms with Crippen molar-refractivity contribution in [3.63, 3.8) is 0 Å². The summed E-state index contributed by atoms with van der Waals surface area (Å²) < 4.78 is 0. The number of nitrogens with zero attached hydrogens (tertiary/aromatic N) is 1. The molecule has 66 valence electrons. The zero-order valence-corrected chi connectivity index (χ0v) is 7.03. The lowest BCUT2D eigenvalue weighted by Gasteiger charge is -1.99. The van der Waals surface area contributed by atoms with Gasteiger partial charge in [0, 0.05) is 0 Å². The third kappa shape index (κ3) is 1.59. The van der Waals surface area contributed by atoms with Gasteiger partial charge in [0.25, 0.3) is 0 Å². The van der Waals surface area contributed by atoms with Crippen LogP contribution in [0.3, 0.4) is 0 Å². The number of allylic oxidation sites excluding steroid dienone is 5. The Morgan fingerprint density at radius 3 is 3.15 bits per heavy atom. The van der Waals surface area contributed by atoms with Crippen LogP contribution in [0.25, 0.3) is 0 Å². The highest BCUT2D eigenvalue weighted by Crippen LogP contribution is 2.22. The van der Waals surface area contributed by atoms with Crippen LogP contribution in [0.15, 0.2) is 40.6 Å². The third-order valence-electron chi connectivity index (χ3n) is 1.96. The zero-order valence-electron chi connectivity index (χ0n) is 7.03. The SMILES string of the molecule is O=C(O)CC1=CC2=CCC=CC2=N1. The molecule has 3 nitrogen and oxygen atoms in total. The number of carboxylic acid groups (broad SMARTS) is 1. The van der Waals surface area contributed by atoms with Crippen LogP contribution >= 0.6 is 0 Å². The standard InChI is InChI=1S/C10H9NO2/c12-10(13)6-8-5-7-3-1-2-4-9(7)11-8/h2-5H,1,6H2,(H,12,13). The zero-order chi connectivity index (χ0) is 9.26. The fourth-order valence-corrected chi connectivity index (χ4v) is 1.42. The quantitative estimate of drug-likeness (QED) is 0.694. The highest BCUT2D eigenvalue weighted by Gasteiger charge is 2.15. The predicted octanol–water partition coefficient (Wildman–Crippen LogP) is 1.69. The van der Waals surface area contributed by atoms with Crippen LogP contribution in [0.4, 0.5) is 0 Å². The molecule has 0 spiro atoms. The van der Waals surface area contributed by atoms with Gasteiger partial charge in [-0.25, -0.2) is 0 Å². The van der Waals surface area contributed by atoms with Gasteiger partial charge in [-0.05, 0) is 24.1 Å². The molecule has 3 heteroatoms. The Bertz CT molecular complexity index is 372. The summed E-state index contributed by atoms with van der Waals surface area (Å²) in [5.41, 5.74) is 2.58. The van der Waals surface area contributed by atoms with Crippen LogP contribution in [0, 0.1) is 0 Å². The fraction of sp³-hybridized carbons (Fsp3) is 0.200. The topological polar surface area (TPSA) is 49.7 Å². The van der Waals surface area contributed by atoms with E-state index in [0.717, 1.165) is 17.7 Å². The van der Waals surface area contributed by atoms with Crippen LogP contribution in [-0.2, 0) is 4.79 Å². The molecule has 1 N–H and O–H groups in total. The summed E-state index contributed by atoms with van der Waals surface area (Å²) in [4.78, 5) is 14.6. The van der Waals surface area contributed by atoms with Crippen LogP contribution < -0.4 is 0 Å². The number of hydrogen-bond donors (Lipinski definition) is 1. The van der Waals surface area contributed by atoms with Gasteiger partial charge in [-0.1, -0.05) is 12.2 Å². The van der Waals surface area contributed by atoms with Crippen molar-refractivity contribution < 1.29 is 9.90 Å². The number of carboxylic acids is 1. The van der Waals surface area contributed by atoms with Crippen molar-refractivity contribution in [2.24, 2.45) is 4.99 Å². The van der Waals surface area contributed by atoms with Crippen molar-refractivity contribution in [2.45, 2.75) is 12.8 Å². The monoisotopic (exact) mass is 175 g/mol. The number of rotatable bonds is 2. The fourth-order valence-electron chi connectivity index (χ4n) is 1.42. The van der Waals surface area contributed by atoms with Crippen molar-refractivity contribution >= 4 is 11.7 Å². The number of aliphatic carboxylic acids is 1. The summed E-state index contributed by atoms with van der Waals surface area (Å²) in [6.07, 6.45) is 8.75. The summed E-state index contributed by atoms with van der Waals surface area (Å²) in [6, 6.07) is 0. The van der Waals surface area contributed by atoms with E-state index in [1.165, 1.54) is 0 Å². The van der Waals surface area contributed by atoms with Crippen LogP contribution in [-0.4, -0.2) is 16.8 Å². The van der Waals surface area contributed by atoms with Gasteiger partial charge in [0.2, 0.25) is 0 Å². The maximum absolute atomic E-state index is 10.4. The summed E-state index contributed by atoms with van der Waals surface area (Å²) in [5, 5.41) is 8.56. The lowest BCUT2D eigenvalue weighted by atomic mass is 10.1. The summed E-state index contributed by atoms with van der Waals surface area (Å²) in [7, 11) is 0. The molecule has 0 saturated carbocycles. The molecule has 0 aromatic rings. The second kappa shape index (κ2) is 3.01. The van der Waals surface area contributed by atoms with E-state index in [-0.39, 0.29) is 6.42 Å². The predicted molar refractivity (Wildman–Crippen MR) is 49.6 cm³/mol. The highest BCUT2D eigenvalue weighted by molar-refractivity contribution is 6.13. The molecule has 1 aliphatic heterocycles. The summed E-state index contributed by atoms with van der Waals surface area (Å²) in [6.45, 7) is 0. The first kappa shape index (κ1) is 7.98. The minimum absolute atomic E-state index is 0.00861. The van der Waals surface area contributed by atoms with Gasteiger partial charge in [0.15, 0.2) is 0 Å². The molecule has 0 atom stereocenters. The van der Waals surface area contributed by atoms with E-state index in [4.69, 9.17) is 5.11 Å². The molecule has 0 bridgehead atoms. The third-order valence-corrected chi connectivity index (χ3v) is 1.96. The molecule has 2 rings (SSSR count). The van der Waals surface area contributed by atoms with Gasteiger partial charge < -0.3 is 5.11 Å². The highest BCUT2D eigenvalue weighted by atomic mass is 16.4. The van der Waals surface area contributed by atoms with Crippen molar-refractivity contribution in [2.75, 3.05) is 0 Å². The first-order chi connectivity index (χ1) is 6.25. The molecule has 1 aliphatic carbocycles. The van der Waals surface area contributed by atoms with Crippen molar-refractivity contribution in [1.29, 1.82) is 0 Å². The molecule has 1 heterocycles. The van der Waals surface area contributed by atoms with E-state index < -0.39 is 5.97 Å².